The number of aromatic nitrogens is 2. The second-order valence-corrected chi connectivity index (χ2v) is 12.9. The van der Waals surface area contributed by atoms with E-state index < -0.39 is 12.0 Å². The molecule has 39 heavy (non-hydrogen) atoms. The number of rotatable bonds is 9. The number of aliphatic carboxylic acids is 1. The van der Waals surface area contributed by atoms with Gasteiger partial charge in [0.1, 0.15) is 11.9 Å². The number of halogens is 1. The molecule has 2 saturated heterocycles. The molecule has 3 atom stereocenters. The van der Waals surface area contributed by atoms with Crippen LogP contribution in [-0.4, -0.2) is 69.8 Å². The van der Waals surface area contributed by atoms with Gasteiger partial charge in [0.15, 0.2) is 0 Å². The number of piperidine rings is 1. The third-order valence-corrected chi connectivity index (χ3v) is 10.4. The zero-order valence-electron chi connectivity index (χ0n) is 23.2. The Balaban J connectivity index is 1.10. The van der Waals surface area contributed by atoms with Crippen LogP contribution in [0.3, 0.4) is 0 Å². The number of nitrogens with one attached hydrogen (secondary N) is 1. The first-order valence-corrected chi connectivity index (χ1v) is 15.5. The Labute approximate surface area is 232 Å². The molecule has 7 heteroatoms. The van der Waals surface area contributed by atoms with Crippen LogP contribution in [0.5, 0.6) is 0 Å². The second kappa shape index (κ2) is 12.1. The molecule has 2 saturated carbocycles. The highest BCUT2D eigenvalue weighted by Crippen LogP contribution is 2.39. The number of benzene rings is 1. The maximum atomic E-state index is 14.2. The number of nitrogens with zero attached hydrogens (tertiary/aromatic N) is 3. The van der Waals surface area contributed by atoms with Crippen LogP contribution in [0.2, 0.25) is 0 Å². The highest BCUT2D eigenvalue weighted by molar-refractivity contribution is 5.73. The van der Waals surface area contributed by atoms with E-state index in [0.29, 0.717) is 30.2 Å². The summed E-state index contributed by atoms with van der Waals surface area (Å²) < 4.78 is 14.2. The van der Waals surface area contributed by atoms with Crippen LogP contribution in [0.1, 0.15) is 105 Å². The van der Waals surface area contributed by atoms with Crippen molar-refractivity contribution in [2.24, 2.45) is 11.8 Å². The molecule has 2 aliphatic carbocycles. The maximum absolute atomic E-state index is 14.2. The molecule has 6 nitrogen and oxygen atoms in total. The minimum absolute atomic E-state index is 0.160. The van der Waals surface area contributed by atoms with Crippen LogP contribution in [0.4, 0.5) is 4.39 Å². The zero-order chi connectivity index (χ0) is 26.8. The standard InChI is InChI=1S/C32H45FN4O2/c33-27-11-5-10-25(17-27)28-21-37(31(32(38)39)16-22-6-4-7-22)20-26(28)19-36-14-12-24(13-15-36)30-18-29(34-35-30)23-8-2-1-3-9-23/h5,10-11,17-18,22-24,26,28,31H,1-4,6-9,12-16,19-21H2,(H,34,35)(H,38,39). The maximum Gasteiger partial charge on any atom is 0.320 e. The molecule has 6 rings (SSSR count). The highest BCUT2D eigenvalue weighted by Gasteiger charge is 2.41. The van der Waals surface area contributed by atoms with Crippen molar-refractivity contribution in [1.82, 2.24) is 20.0 Å². The van der Waals surface area contributed by atoms with E-state index in [4.69, 9.17) is 5.10 Å². The predicted molar refractivity (Wildman–Crippen MR) is 150 cm³/mol. The first kappa shape index (κ1) is 26.9. The van der Waals surface area contributed by atoms with Gasteiger partial charge in [-0.25, -0.2) is 4.39 Å². The van der Waals surface area contributed by atoms with Crippen LogP contribution in [0.15, 0.2) is 30.3 Å². The summed E-state index contributed by atoms with van der Waals surface area (Å²) in [7, 11) is 0. The van der Waals surface area contributed by atoms with Crippen LogP contribution in [0.25, 0.3) is 0 Å². The third-order valence-electron chi connectivity index (χ3n) is 10.4. The van der Waals surface area contributed by atoms with E-state index in [0.717, 1.165) is 63.8 Å². The number of hydrogen-bond acceptors (Lipinski definition) is 4. The highest BCUT2D eigenvalue weighted by atomic mass is 19.1. The molecule has 2 N–H and O–H groups in total. The molecule has 0 radical (unpaired) electrons. The monoisotopic (exact) mass is 536 g/mol. The predicted octanol–water partition coefficient (Wildman–Crippen LogP) is 6.13. The molecule has 2 aromatic rings. The lowest BCUT2D eigenvalue weighted by molar-refractivity contribution is -0.144. The molecule has 0 amide bonds. The summed E-state index contributed by atoms with van der Waals surface area (Å²) in [5.41, 5.74) is 3.59. The Hall–Kier alpha value is -2.25. The molecule has 212 valence electrons. The largest absolute Gasteiger partial charge is 0.480 e. The SMILES string of the molecule is O=C(O)C(CC1CCC1)N1CC(CN2CCC(c3cc(C4CCCCC4)n[nH]3)CC2)C(c2cccc(F)c2)C1. The molecule has 3 unspecified atom stereocenters. The van der Waals surface area contributed by atoms with Crippen molar-refractivity contribution in [2.75, 3.05) is 32.7 Å². The first-order chi connectivity index (χ1) is 19.0. The number of carbonyl (C=O) groups is 1. The van der Waals surface area contributed by atoms with Gasteiger partial charge in [-0.15, -0.1) is 0 Å². The summed E-state index contributed by atoms with van der Waals surface area (Å²) in [4.78, 5) is 17.1. The molecule has 4 aliphatic rings. The summed E-state index contributed by atoms with van der Waals surface area (Å²) >= 11 is 0. The molecule has 2 aliphatic heterocycles. The minimum Gasteiger partial charge on any atom is -0.480 e. The van der Waals surface area contributed by atoms with Gasteiger partial charge in [-0.1, -0.05) is 50.7 Å². The van der Waals surface area contributed by atoms with Gasteiger partial charge in [-0.3, -0.25) is 14.8 Å². The van der Waals surface area contributed by atoms with Crippen molar-refractivity contribution in [2.45, 2.75) is 94.4 Å². The van der Waals surface area contributed by atoms with Gasteiger partial charge in [0.2, 0.25) is 0 Å². The smallest absolute Gasteiger partial charge is 0.320 e. The van der Waals surface area contributed by atoms with Crippen LogP contribution in [-0.2, 0) is 4.79 Å². The van der Waals surface area contributed by atoms with Gasteiger partial charge in [0.05, 0.1) is 5.69 Å². The fourth-order valence-electron chi connectivity index (χ4n) is 7.84. The molecule has 4 fully saturated rings. The van der Waals surface area contributed by atoms with Crippen molar-refractivity contribution in [1.29, 1.82) is 0 Å². The van der Waals surface area contributed by atoms with Crippen molar-refractivity contribution in [3.8, 4) is 0 Å². The van der Waals surface area contributed by atoms with Crippen molar-refractivity contribution >= 4 is 5.97 Å². The van der Waals surface area contributed by atoms with E-state index in [1.165, 1.54) is 56.0 Å². The summed E-state index contributed by atoms with van der Waals surface area (Å²) in [6.07, 6.45) is 13.1. The molecule has 1 aromatic heterocycles. The van der Waals surface area contributed by atoms with Crippen molar-refractivity contribution < 1.29 is 14.3 Å². The molecular weight excluding hydrogens is 491 g/mol. The van der Waals surface area contributed by atoms with Crippen LogP contribution < -0.4 is 0 Å². The summed E-state index contributed by atoms with van der Waals surface area (Å²) in [6, 6.07) is 8.91. The fourth-order valence-corrected chi connectivity index (χ4v) is 7.84. The molecule has 0 bridgehead atoms. The topological polar surface area (TPSA) is 72.5 Å². The van der Waals surface area contributed by atoms with Gasteiger partial charge in [0.25, 0.3) is 0 Å². The van der Waals surface area contributed by atoms with E-state index in [1.54, 1.807) is 12.1 Å². The summed E-state index contributed by atoms with van der Waals surface area (Å²) in [5.74, 6) is 1.26. The van der Waals surface area contributed by atoms with E-state index in [-0.39, 0.29) is 11.7 Å². The lowest BCUT2D eigenvalue weighted by Crippen LogP contribution is -2.43. The number of H-pyrrole nitrogens is 1. The molecule has 0 spiro atoms. The summed E-state index contributed by atoms with van der Waals surface area (Å²) in [5, 5.41) is 18.2. The normalized spacial score (nSPS) is 27.0. The van der Waals surface area contributed by atoms with Gasteiger partial charge >= 0.3 is 5.97 Å². The summed E-state index contributed by atoms with van der Waals surface area (Å²) in [6.45, 7) is 4.50. The van der Waals surface area contributed by atoms with E-state index in [2.05, 4.69) is 21.0 Å². The van der Waals surface area contributed by atoms with Gasteiger partial charge in [-0.2, -0.15) is 5.10 Å². The number of hydrogen-bond donors (Lipinski definition) is 2. The molecular formula is C32H45FN4O2. The minimum atomic E-state index is -0.700. The Morgan fingerprint density at radius 3 is 2.49 bits per heavy atom. The average Bonchev–Trinajstić information content (AvgIpc) is 3.57. The zero-order valence-corrected chi connectivity index (χ0v) is 23.2. The third kappa shape index (κ3) is 6.25. The number of likely N-dealkylation sites (tertiary alicyclic amines) is 2. The lowest BCUT2D eigenvalue weighted by Gasteiger charge is -2.34. The van der Waals surface area contributed by atoms with E-state index in [1.807, 2.05) is 6.07 Å². The van der Waals surface area contributed by atoms with Gasteiger partial charge in [-0.05, 0) is 80.8 Å². The number of carboxylic acids is 1. The Morgan fingerprint density at radius 2 is 1.79 bits per heavy atom. The number of aromatic amines is 1. The first-order valence-electron chi connectivity index (χ1n) is 15.5. The Kier molecular flexibility index (Phi) is 8.35. The number of carboxylic acid groups (broad SMARTS) is 1. The Morgan fingerprint density at radius 1 is 1.00 bits per heavy atom. The molecule has 3 heterocycles. The molecule has 1 aromatic carbocycles. The van der Waals surface area contributed by atoms with Crippen LogP contribution in [0, 0.1) is 17.7 Å². The average molecular weight is 537 g/mol. The second-order valence-electron chi connectivity index (χ2n) is 12.9. The van der Waals surface area contributed by atoms with Crippen LogP contribution >= 0.6 is 0 Å². The Bertz CT molecular complexity index is 1100. The van der Waals surface area contributed by atoms with Gasteiger partial charge < -0.3 is 10.0 Å². The lowest BCUT2D eigenvalue weighted by atomic mass is 9.80. The van der Waals surface area contributed by atoms with Crippen molar-refractivity contribution in [3.63, 3.8) is 0 Å². The van der Waals surface area contributed by atoms with Gasteiger partial charge in [0, 0.05) is 43.1 Å². The van der Waals surface area contributed by atoms with E-state index in [9.17, 15) is 14.3 Å². The van der Waals surface area contributed by atoms with E-state index >= 15 is 0 Å². The van der Waals surface area contributed by atoms with Crippen molar-refractivity contribution in [3.05, 3.63) is 53.1 Å². The quantitative estimate of drug-likeness (QED) is 0.403. The fraction of sp³-hybridized carbons (Fsp3) is 0.688.